The molecule has 0 radical (unpaired) electrons. The van der Waals surface area contributed by atoms with Gasteiger partial charge in [-0.25, -0.2) is 4.79 Å². The molecule has 9 heteroatoms. The van der Waals surface area contributed by atoms with Gasteiger partial charge in [-0.3, -0.25) is 9.68 Å². The lowest BCUT2D eigenvalue weighted by Gasteiger charge is -2.29. The lowest BCUT2D eigenvalue weighted by molar-refractivity contribution is -0.273. The van der Waals surface area contributed by atoms with Crippen LogP contribution in [0.2, 0.25) is 0 Å². The van der Waals surface area contributed by atoms with Crippen LogP contribution in [0, 0.1) is 0 Å². The first-order valence-electron chi connectivity index (χ1n) is 13.8. The maximum absolute atomic E-state index is 13.3. The molecule has 1 aromatic heterocycles. The van der Waals surface area contributed by atoms with Crippen molar-refractivity contribution in [3.05, 3.63) is 107 Å². The van der Waals surface area contributed by atoms with E-state index in [4.69, 9.17) is 23.8 Å². The Morgan fingerprint density at radius 1 is 0.905 bits per heavy atom. The maximum atomic E-state index is 13.3. The molecule has 1 aliphatic rings. The number of hydroxylamine groups is 1. The number of ether oxygens (including phenoxy) is 2. The zero-order valence-electron chi connectivity index (χ0n) is 23.9. The second-order valence-corrected chi connectivity index (χ2v) is 10.9. The third kappa shape index (κ3) is 6.99. The fourth-order valence-electron chi connectivity index (χ4n) is 4.71. The van der Waals surface area contributed by atoms with E-state index in [0.717, 1.165) is 22.4 Å². The molecule has 1 amide bonds. The van der Waals surface area contributed by atoms with Crippen LogP contribution in [0.15, 0.2) is 89.5 Å². The molecule has 0 spiro atoms. The summed E-state index contributed by atoms with van der Waals surface area (Å²) < 4.78 is 17.0. The Kier molecular flexibility index (Phi) is 8.90. The number of benzene rings is 3. The zero-order chi connectivity index (χ0) is 29.5. The van der Waals surface area contributed by atoms with Crippen molar-refractivity contribution >= 4 is 17.6 Å². The van der Waals surface area contributed by atoms with Crippen molar-refractivity contribution in [1.29, 1.82) is 0 Å². The number of hydrogen-bond acceptors (Lipinski definition) is 8. The summed E-state index contributed by atoms with van der Waals surface area (Å²) in [4.78, 5) is 38.5. The highest BCUT2D eigenvalue weighted by molar-refractivity contribution is 5.97. The summed E-state index contributed by atoms with van der Waals surface area (Å²) in [6.45, 7) is 8.86. The minimum atomic E-state index is -0.742. The van der Waals surface area contributed by atoms with Crippen molar-refractivity contribution in [2.24, 2.45) is 0 Å². The van der Waals surface area contributed by atoms with Gasteiger partial charge in [-0.1, -0.05) is 62.2 Å². The number of carbonyl (C=O) groups excluding carboxylic acids is 2. The molecule has 1 saturated heterocycles. The molecule has 2 heterocycles. The molecule has 5 rings (SSSR count). The molecule has 0 unspecified atom stereocenters. The van der Waals surface area contributed by atoms with Crippen LogP contribution in [0.3, 0.4) is 0 Å². The maximum Gasteiger partial charge on any atom is 0.376 e. The first-order chi connectivity index (χ1) is 20.3. The van der Waals surface area contributed by atoms with Gasteiger partial charge in [-0.05, 0) is 59.0 Å². The molecule has 218 valence electrons. The first kappa shape index (κ1) is 28.9. The topological polar surface area (TPSA) is 99.5 Å². The van der Waals surface area contributed by atoms with Gasteiger partial charge in [0, 0.05) is 24.3 Å². The second-order valence-electron chi connectivity index (χ2n) is 10.9. The molecule has 0 atom stereocenters. The molecule has 1 N–H and O–H groups in total. The highest BCUT2D eigenvalue weighted by atomic mass is 17.3. The SMILES string of the molecule is CC(C)(C)c1cc(-c2ccco2)ccc1C(=O)OONC(=O)c1cc(N2CCOCC2)ccc1OCc1ccccc1. The van der Waals surface area contributed by atoms with Crippen LogP contribution in [0.5, 0.6) is 5.75 Å². The van der Waals surface area contributed by atoms with Gasteiger partial charge >= 0.3 is 5.97 Å². The summed E-state index contributed by atoms with van der Waals surface area (Å²) in [7, 11) is 0. The molecule has 3 aromatic carbocycles. The van der Waals surface area contributed by atoms with Gasteiger partial charge in [0.2, 0.25) is 0 Å². The van der Waals surface area contributed by atoms with E-state index in [1.807, 2.05) is 69.3 Å². The van der Waals surface area contributed by atoms with E-state index in [-0.39, 0.29) is 17.6 Å². The Morgan fingerprint density at radius 3 is 2.40 bits per heavy atom. The number of amides is 1. The average molecular weight is 571 g/mol. The third-order valence-electron chi connectivity index (χ3n) is 6.93. The third-order valence-corrected chi connectivity index (χ3v) is 6.93. The minimum absolute atomic E-state index is 0.240. The van der Waals surface area contributed by atoms with Gasteiger partial charge in [-0.2, -0.15) is 5.48 Å². The van der Waals surface area contributed by atoms with Crippen LogP contribution in [-0.2, 0) is 26.6 Å². The number of anilines is 1. The Bertz CT molecular complexity index is 1510. The lowest BCUT2D eigenvalue weighted by Crippen LogP contribution is -2.36. The van der Waals surface area contributed by atoms with Gasteiger partial charge in [0.1, 0.15) is 18.1 Å². The fraction of sp³-hybridized carbons (Fsp3) is 0.273. The predicted octanol–water partition coefficient (Wildman–Crippen LogP) is 6.09. The summed E-state index contributed by atoms with van der Waals surface area (Å²) in [5.74, 6) is -0.306. The van der Waals surface area contributed by atoms with E-state index in [0.29, 0.717) is 43.4 Å². The van der Waals surface area contributed by atoms with Crippen LogP contribution < -0.4 is 15.1 Å². The van der Waals surface area contributed by atoms with Gasteiger partial charge in [0.05, 0.1) is 30.6 Å². The Morgan fingerprint density at radius 2 is 1.69 bits per heavy atom. The smallest absolute Gasteiger partial charge is 0.376 e. The van der Waals surface area contributed by atoms with E-state index in [9.17, 15) is 9.59 Å². The fourth-order valence-corrected chi connectivity index (χ4v) is 4.71. The van der Waals surface area contributed by atoms with Gasteiger partial charge < -0.3 is 18.8 Å². The summed E-state index contributed by atoms with van der Waals surface area (Å²) in [6.07, 6.45) is 1.60. The van der Waals surface area contributed by atoms with E-state index in [2.05, 4.69) is 10.4 Å². The Labute approximate surface area is 244 Å². The summed E-state index contributed by atoms with van der Waals surface area (Å²) in [5.41, 5.74) is 5.79. The van der Waals surface area contributed by atoms with E-state index in [1.165, 1.54) is 0 Å². The van der Waals surface area contributed by atoms with Crippen LogP contribution in [0.1, 0.15) is 52.6 Å². The van der Waals surface area contributed by atoms with Crippen molar-refractivity contribution in [2.45, 2.75) is 32.8 Å². The molecule has 1 fully saturated rings. The van der Waals surface area contributed by atoms with Crippen molar-refractivity contribution in [3.8, 4) is 17.1 Å². The number of rotatable bonds is 9. The standard InChI is InChI=1S/C33H34N2O7/c1-33(2,3)28-20-24(29-10-7-17-39-29)11-13-26(28)32(37)41-42-34-31(36)27-21-25(35-15-18-38-19-16-35)12-14-30(27)40-22-23-8-5-4-6-9-23/h4-14,17,20-21H,15-16,18-19,22H2,1-3H3,(H,34,36). The van der Waals surface area contributed by atoms with E-state index in [1.54, 1.807) is 36.6 Å². The number of furan rings is 1. The van der Waals surface area contributed by atoms with E-state index < -0.39 is 11.9 Å². The predicted molar refractivity (Wildman–Crippen MR) is 157 cm³/mol. The Hall–Kier alpha value is -4.60. The van der Waals surface area contributed by atoms with Gasteiger partial charge in [0.25, 0.3) is 5.91 Å². The van der Waals surface area contributed by atoms with Crippen molar-refractivity contribution in [1.82, 2.24) is 5.48 Å². The zero-order valence-corrected chi connectivity index (χ0v) is 23.9. The van der Waals surface area contributed by atoms with Crippen LogP contribution in [0.25, 0.3) is 11.3 Å². The quantitative estimate of drug-likeness (QED) is 0.191. The molecule has 9 nitrogen and oxygen atoms in total. The number of hydrogen-bond donors (Lipinski definition) is 1. The Balaban J connectivity index is 1.30. The summed E-state index contributed by atoms with van der Waals surface area (Å²) >= 11 is 0. The number of nitrogens with zero attached hydrogens (tertiary/aromatic N) is 1. The molecular weight excluding hydrogens is 536 g/mol. The molecule has 0 bridgehead atoms. The van der Waals surface area contributed by atoms with Crippen LogP contribution in [-0.4, -0.2) is 38.2 Å². The molecule has 1 aliphatic heterocycles. The molecule has 0 aliphatic carbocycles. The van der Waals surface area contributed by atoms with E-state index >= 15 is 0 Å². The molecular formula is C33H34N2O7. The van der Waals surface area contributed by atoms with Crippen molar-refractivity contribution in [2.75, 3.05) is 31.2 Å². The minimum Gasteiger partial charge on any atom is -0.488 e. The number of nitrogens with one attached hydrogen (secondary N) is 1. The van der Waals surface area contributed by atoms with Gasteiger partial charge in [-0.15, -0.1) is 0 Å². The van der Waals surface area contributed by atoms with Crippen molar-refractivity contribution < 1.29 is 33.4 Å². The molecule has 0 saturated carbocycles. The highest BCUT2D eigenvalue weighted by Crippen LogP contribution is 2.32. The second kappa shape index (κ2) is 12.9. The summed E-state index contributed by atoms with van der Waals surface area (Å²) in [6, 6.07) is 24.0. The first-order valence-corrected chi connectivity index (χ1v) is 13.8. The largest absolute Gasteiger partial charge is 0.488 e. The van der Waals surface area contributed by atoms with Crippen molar-refractivity contribution in [3.63, 3.8) is 0 Å². The molecule has 42 heavy (non-hydrogen) atoms. The summed E-state index contributed by atoms with van der Waals surface area (Å²) in [5, 5.41) is 0. The monoisotopic (exact) mass is 570 g/mol. The number of morpholine rings is 1. The van der Waals surface area contributed by atoms with Crippen LogP contribution >= 0.6 is 0 Å². The van der Waals surface area contributed by atoms with Crippen LogP contribution in [0.4, 0.5) is 5.69 Å². The van der Waals surface area contributed by atoms with Gasteiger partial charge in [0.15, 0.2) is 0 Å². The lowest BCUT2D eigenvalue weighted by atomic mass is 9.82. The number of carbonyl (C=O) groups is 2. The molecule has 4 aromatic rings. The normalized spacial score (nSPS) is 13.5. The average Bonchev–Trinajstić information content (AvgIpc) is 3.55. The highest BCUT2D eigenvalue weighted by Gasteiger charge is 2.25.